The zero-order valence-electron chi connectivity index (χ0n) is 27.0. The summed E-state index contributed by atoms with van der Waals surface area (Å²) in [7, 11) is 0. The number of hydrogen-bond donors (Lipinski definition) is 0. The van der Waals surface area contributed by atoms with E-state index in [0.29, 0.717) is 65.1 Å². The van der Waals surface area contributed by atoms with Crippen molar-refractivity contribution in [2.75, 3.05) is 23.0 Å². The summed E-state index contributed by atoms with van der Waals surface area (Å²) in [6, 6.07) is 8.47. The second-order valence-corrected chi connectivity index (χ2v) is 13.3. The number of anilines is 2. The first kappa shape index (κ1) is 30.2. The molecule has 0 radical (unpaired) electrons. The Morgan fingerprint density at radius 3 is 2.48 bits per heavy atom. The van der Waals surface area contributed by atoms with Crippen molar-refractivity contribution < 1.29 is 23.0 Å². The Hall–Kier alpha value is -4.51. The lowest BCUT2D eigenvalue weighted by molar-refractivity contribution is 0.0131. The number of pyridine rings is 1. The maximum atomic E-state index is 16.1. The third kappa shape index (κ3) is 4.79. The number of aromatic nitrogens is 3. The van der Waals surface area contributed by atoms with Crippen molar-refractivity contribution in [3.63, 3.8) is 0 Å². The molecule has 46 heavy (non-hydrogen) atoms. The zero-order valence-corrected chi connectivity index (χ0v) is 27.0. The minimum Gasteiger partial charge on any atom is -0.444 e. The quantitative estimate of drug-likeness (QED) is 0.213. The molecule has 0 aliphatic carbocycles. The van der Waals surface area contributed by atoms with Crippen molar-refractivity contribution in [1.29, 1.82) is 0 Å². The number of ether oxygens (including phenoxy) is 2. The fourth-order valence-corrected chi connectivity index (χ4v) is 6.73. The van der Waals surface area contributed by atoms with Crippen molar-refractivity contribution >= 4 is 28.4 Å². The first-order valence-electron chi connectivity index (χ1n) is 15.7. The highest BCUT2D eigenvalue weighted by atomic mass is 19.1. The van der Waals surface area contributed by atoms with E-state index in [9.17, 15) is 9.18 Å². The molecule has 7 rings (SSSR count). The number of aryl methyl sites for hydroxylation is 2. The van der Waals surface area contributed by atoms with E-state index in [-0.39, 0.29) is 23.8 Å². The summed E-state index contributed by atoms with van der Waals surface area (Å²) in [5, 5.41) is 6.28. The lowest BCUT2D eigenvalue weighted by Gasteiger charge is -2.38. The van der Waals surface area contributed by atoms with E-state index in [0.717, 1.165) is 17.7 Å². The van der Waals surface area contributed by atoms with Crippen LogP contribution in [-0.4, -0.2) is 50.4 Å². The van der Waals surface area contributed by atoms with Gasteiger partial charge in [0.05, 0.1) is 23.1 Å². The molecule has 2 aromatic heterocycles. The van der Waals surface area contributed by atoms with Crippen LogP contribution in [-0.2, 0) is 15.9 Å². The fraction of sp³-hybridized carbons (Fsp3) is 0.400. The van der Waals surface area contributed by atoms with Crippen LogP contribution in [0.1, 0.15) is 69.0 Å². The van der Waals surface area contributed by atoms with E-state index in [4.69, 9.17) is 14.6 Å². The molecular formula is C35H38F2N6O3. The van der Waals surface area contributed by atoms with E-state index >= 15 is 4.39 Å². The average molecular weight is 629 g/mol. The third-order valence-electron chi connectivity index (χ3n) is 8.87. The topological polar surface area (TPSA) is 79.3 Å². The van der Waals surface area contributed by atoms with Gasteiger partial charge in [0, 0.05) is 54.1 Å². The minimum absolute atomic E-state index is 0.265. The molecule has 0 bridgehead atoms. The Morgan fingerprint density at radius 1 is 1.09 bits per heavy atom. The number of nitrogens with zero attached hydrogens (tertiary/aromatic N) is 6. The van der Waals surface area contributed by atoms with Crippen molar-refractivity contribution in [3.8, 4) is 5.69 Å². The maximum Gasteiger partial charge on any atom is 0.410 e. The van der Waals surface area contributed by atoms with Crippen LogP contribution in [0.5, 0.6) is 0 Å². The number of rotatable bonds is 5. The van der Waals surface area contributed by atoms with Gasteiger partial charge in [-0.2, -0.15) is 5.10 Å². The van der Waals surface area contributed by atoms with Crippen LogP contribution in [0.3, 0.4) is 0 Å². The molecular weight excluding hydrogens is 590 g/mol. The fourth-order valence-electron chi connectivity index (χ4n) is 6.73. The summed E-state index contributed by atoms with van der Waals surface area (Å²) in [5.41, 5.74) is 3.12. The van der Waals surface area contributed by atoms with Crippen LogP contribution >= 0.6 is 0 Å². The highest BCUT2D eigenvalue weighted by molar-refractivity contribution is 5.87. The molecule has 4 aromatic rings. The van der Waals surface area contributed by atoms with Gasteiger partial charge in [-0.05, 0) is 76.4 Å². The molecule has 1 fully saturated rings. The predicted octanol–water partition coefficient (Wildman–Crippen LogP) is 7.43. The van der Waals surface area contributed by atoms with E-state index in [1.165, 1.54) is 0 Å². The summed E-state index contributed by atoms with van der Waals surface area (Å²) in [5.74, 6) is -1.00. The van der Waals surface area contributed by atoms with E-state index < -0.39 is 11.4 Å². The largest absolute Gasteiger partial charge is 0.444 e. The molecule has 240 valence electrons. The molecule has 1 amide bonds. The standard InChI is InChI=1S/C35H38F2N6O3/c1-7-8-27-29-26(12-14-40(27)33(44)46-34(4,5)6)39-43(24-17-21(2)30(36)22(3)18-24)32(29)42-16-15-41(35(42)20-45-35)28-10-9-23-19-38-13-11-25(23)31(28)37/h9-11,13,15-19,27H,7-8,12,14,20H2,1-6H3/t27-,35?/m0/s1. The lowest BCUT2D eigenvalue weighted by Crippen LogP contribution is -2.46. The summed E-state index contributed by atoms with van der Waals surface area (Å²) in [4.78, 5) is 23.3. The van der Waals surface area contributed by atoms with Gasteiger partial charge in [0.15, 0.2) is 5.82 Å². The number of epoxide rings is 1. The van der Waals surface area contributed by atoms with Gasteiger partial charge in [0.2, 0.25) is 0 Å². The molecule has 9 nitrogen and oxygen atoms in total. The summed E-state index contributed by atoms with van der Waals surface area (Å²) in [6.07, 6.45) is 8.51. The number of amides is 1. The highest BCUT2D eigenvalue weighted by Crippen LogP contribution is 2.51. The van der Waals surface area contributed by atoms with Gasteiger partial charge < -0.3 is 14.4 Å². The maximum absolute atomic E-state index is 16.1. The van der Waals surface area contributed by atoms with Gasteiger partial charge in [-0.3, -0.25) is 14.8 Å². The zero-order chi connectivity index (χ0) is 32.5. The lowest BCUT2D eigenvalue weighted by atomic mass is 9.94. The SMILES string of the molecule is CCC[C@H]1c2c(nn(-c3cc(C)c(F)c(C)c3)c2N2C=CN(c3ccc4cnccc4c3F)C23CO3)CCN1C(=O)OC(C)(C)C. The second kappa shape index (κ2) is 10.8. The normalized spacial score (nSPS) is 20.6. The first-order chi connectivity index (χ1) is 21.9. The van der Waals surface area contributed by atoms with Crippen LogP contribution < -0.4 is 9.80 Å². The number of hydrogen-bond acceptors (Lipinski definition) is 7. The molecule has 0 N–H and O–H groups in total. The number of fused-ring (bicyclic) bond motifs is 2. The summed E-state index contributed by atoms with van der Waals surface area (Å²) >= 11 is 0. The molecule has 11 heteroatoms. The van der Waals surface area contributed by atoms with Gasteiger partial charge >= 0.3 is 6.09 Å². The predicted molar refractivity (Wildman–Crippen MR) is 172 cm³/mol. The summed E-state index contributed by atoms with van der Waals surface area (Å²) in [6.45, 7) is 11.9. The molecule has 3 aliphatic heterocycles. The van der Waals surface area contributed by atoms with E-state index in [1.807, 2.05) is 48.8 Å². The van der Waals surface area contributed by atoms with Crippen molar-refractivity contribution in [1.82, 2.24) is 19.7 Å². The Bertz CT molecular complexity index is 1870. The molecule has 2 atom stereocenters. The first-order valence-corrected chi connectivity index (χ1v) is 15.7. The number of carbonyl (C=O) groups is 1. The minimum atomic E-state index is -1.05. The number of carbonyl (C=O) groups excluding carboxylic acids is 1. The van der Waals surface area contributed by atoms with Crippen molar-refractivity contribution in [2.24, 2.45) is 0 Å². The third-order valence-corrected chi connectivity index (χ3v) is 8.87. The summed E-state index contributed by atoms with van der Waals surface area (Å²) < 4.78 is 44.8. The van der Waals surface area contributed by atoms with Gasteiger partial charge in [0.1, 0.15) is 23.8 Å². The Labute approximate surface area is 267 Å². The van der Waals surface area contributed by atoms with Crippen molar-refractivity contribution in [2.45, 2.75) is 78.3 Å². The molecule has 0 saturated carbocycles. The van der Waals surface area contributed by atoms with Crippen LogP contribution in [0, 0.1) is 25.5 Å². The van der Waals surface area contributed by atoms with Gasteiger partial charge in [-0.1, -0.05) is 19.4 Å². The molecule has 2 aromatic carbocycles. The molecule has 1 unspecified atom stereocenters. The second-order valence-electron chi connectivity index (χ2n) is 13.3. The van der Waals surface area contributed by atoms with Crippen LogP contribution in [0.25, 0.3) is 16.5 Å². The molecule has 5 heterocycles. The Kier molecular flexibility index (Phi) is 7.08. The number of halogens is 2. The van der Waals surface area contributed by atoms with Crippen LogP contribution in [0.15, 0.2) is 55.1 Å². The Balaban J connectivity index is 1.39. The van der Waals surface area contributed by atoms with E-state index in [2.05, 4.69) is 11.9 Å². The van der Waals surface area contributed by atoms with Crippen LogP contribution in [0.4, 0.5) is 25.1 Å². The highest BCUT2D eigenvalue weighted by Gasteiger charge is 2.60. The van der Waals surface area contributed by atoms with Gasteiger partial charge in [0.25, 0.3) is 5.85 Å². The van der Waals surface area contributed by atoms with E-state index in [1.54, 1.807) is 60.3 Å². The Morgan fingerprint density at radius 2 is 1.80 bits per heavy atom. The van der Waals surface area contributed by atoms with Gasteiger partial charge in [-0.15, -0.1) is 0 Å². The molecule has 3 aliphatic rings. The van der Waals surface area contributed by atoms with Crippen molar-refractivity contribution in [3.05, 3.63) is 89.1 Å². The molecule has 1 saturated heterocycles. The monoisotopic (exact) mass is 628 g/mol. The average Bonchev–Trinajstić information content (AvgIpc) is 3.58. The van der Waals surface area contributed by atoms with Crippen LogP contribution in [0.2, 0.25) is 0 Å². The number of benzene rings is 2. The smallest absolute Gasteiger partial charge is 0.410 e. The molecule has 1 spiro atoms. The van der Waals surface area contributed by atoms with Gasteiger partial charge in [-0.25, -0.2) is 18.3 Å².